The summed E-state index contributed by atoms with van der Waals surface area (Å²) in [6, 6.07) is 0.450. The molecule has 0 spiro atoms. The maximum Gasteiger partial charge on any atom is 0.390 e. The lowest BCUT2D eigenvalue weighted by atomic mass is 9.70. The van der Waals surface area contributed by atoms with Crippen molar-refractivity contribution in [2.45, 2.75) is 57.8 Å². The van der Waals surface area contributed by atoms with Crippen molar-refractivity contribution in [1.82, 2.24) is 10.2 Å². The van der Waals surface area contributed by atoms with E-state index in [0.29, 0.717) is 0 Å². The highest BCUT2D eigenvalue weighted by molar-refractivity contribution is 4.96. The fourth-order valence-electron chi connectivity index (χ4n) is 3.14. The summed E-state index contributed by atoms with van der Waals surface area (Å²) in [6.45, 7) is 4.47. The molecule has 0 heterocycles. The first-order valence-corrected chi connectivity index (χ1v) is 6.61. The molecule has 0 aromatic carbocycles. The van der Waals surface area contributed by atoms with Crippen molar-refractivity contribution in [3.05, 3.63) is 0 Å². The van der Waals surface area contributed by atoms with Crippen LogP contribution in [0.4, 0.5) is 13.2 Å². The zero-order valence-electron chi connectivity index (χ0n) is 11.8. The molecule has 0 saturated heterocycles. The van der Waals surface area contributed by atoms with E-state index in [2.05, 4.69) is 19.2 Å². The molecule has 1 fully saturated rings. The Balaban J connectivity index is 2.62. The van der Waals surface area contributed by atoms with Crippen molar-refractivity contribution in [1.29, 1.82) is 0 Å². The second-order valence-corrected chi connectivity index (χ2v) is 6.06. The average molecular weight is 266 g/mol. The number of nitrogens with zero attached hydrogens (tertiary/aromatic N) is 1. The number of likely N-dealkylation sites (N-methyl/N-ethyl adjacent to an activating group) is 2. The van der Waals surface area contributed by atoms with E-state index in [1.165, 1.54) is 0 Å². The van der Waals surface area contributed by atoms with E-state index in [0.717, 1.165) is 19.3 Å². The number of hydrogen-bond donors (Lipinski definition) is 1. The standard InChI is InChI=1S/C13H25F3N2/c1-12(2)7-5-6-10(11(12)17-3)18(4)9-8-13(14,15)16/h10-11,17H,5-9H2,1-4H3. The van der Waals surface area contributed by atoms with Crippen LogP contribution in [0.25, 0.3) is 0 Å². The minimum Gasteiger partial charge on any atom is -0.315 e. The Labute approximate surface area is 108 Å². The van der Waals surface area contributed by atoms with Gasteiger partial charge in [0, 0.05) is 18.6 Å². The molecule has 0 amide bonds. The van der Waals surface area contributed by atoms with E-state index < -0.39 is 12.6 Å². The van der Waals surface area contributed by atoms with Crippen LogP contribution in [-0.2, 0) is 0 Å². The van der Waals surface area contributed by atoms with Crippen molar-refractivity contribution in [3.63, 3.8) is 0 Å². The molecule has 0 aromatic heterocycles. The molecule has 5 heteroatoms. The maximum atomic E-state index is 12.3. The van der Waals surface area contributed by atoms with Crippen molar-refractivity contribution in [3.8, 4) is 0 Å². The number of rotatable bonds is 4. The average Bonchev–Trinajstić information content (AvgIpc) is 2.23. The molecular formula is C13H25F3N2. The molecule has 1 N–H and O–H groups in total. The summed E-state index contributed by atoms with van der Waals surface area (Å²) >= 11 is 0. The molecule has 2 atom stereocenters. The molecule has 18 heavy (non-hydrogen) atoms. The number of nitrogens with one attached hydrogen (secondary N) is 1. The first-order valence-electron chi connectivity index (χ1n) is 6.61. The smallest absolute Gasteiger partial charge is 0.315 e. The summed E-state index contributed by atoms with van der Waals surface area (Å²) in [5.41, 5.74) is 0.143. The third-order valence-corrected chi connectivity index (χ3v) is 4.17. The van der Waals surface area contributed by atoms with Gasteiger partial charge in [0.1, 0.15) is 0 Å². The predicted molar refractivity (Wildman–Crippen MR) is 67.6 cm³/mol. The van der Waals surface area contributed by atoms with Gasteiger partial charge in [0.05, 0.1) is 6.42 Å². The third-order valence-electron chi connectivity index (χ3n) is 4.17. The van der Waals surface area contributed by atoms with Crippen LogP contribution in [0.3, 0.4) is 0 Å². The topological polar surface area (TPSA) is 15.3 Å². The summed E-state index contributed by atoms with van der Waals surface area (Å²) in [4.78, 5) is 1.87. The van der Waals surface area contributed by atoms with Crippen LogP contribution in [0.1, 0.15) is 39.5 Å². The minimum absolute atomic E-state index is 0.0857. The monoisotopic (exact) mass is 266 g/mol. The Bertz CT molecular complexity index is 263. The van der Waals surface area contributed by atoms with Crippen molar-refractivity contribution in [2.75, 3.05) is 20.6 Å². The normalized spacial score (nSPS) is 28.7. The highest BCUT2D eigenvalue weighted by atomic mass is 19.4. The minimum atomic E-state index is -4.06. The van der Waals surface area contributed by atoms with Gasteiger partial charge in [-0.2, -0.15) is 13.2 Å². The Hall–Kier alpha value is -0.290. The van der Waals surface area contributed by atoms with E-state index in [1.807, 2.05) is 19.0 Å². The van der Waals surface area contributed by atoms with Crippen LogP contribution >= 0.6 is 0 Å². The molecule has 0 radical (unpaired) electrons. The molecule has 2 nitrogen and oxygen atoms in total. The summed E-state index contributed by atoms with van der Waals surface area (Å²) < 4.78 is 36.8. The molecule has 1 aliphatic rings. The van der Waals surface area contributed by atoms with Gasteiger partial charge in [0.2, 0.25) is 0 Å². The quantitative estimate of drug-likeness (QED) is 0.841. The summed E-state index contributed by atoms with van der Waals surface area (Å²) in [5.74, 6) is 0. The van der Waals surface area contributed by atoms with Crippen molar-refractivity contribution in [2.24, 2.45) is 5.41 Å². The highest BCUT2D eigenvalue weighted by Gasteiger charge is 2.40. The van der Waals surface area contributed by atoms with Gasteiger partial charge >= 0.3 is 6.18 Å². The molecule has 1 aliphatic carbocycles. The van der Waals surface area contributed by atoms with E-state index in [-0.39, 0.29) is 24.0 Å². The largest absolute Gasteiger partial charge is 0.390 e. The molecule has 2 unspecified atom stereocenters. The molecule has 0 aromatic rings. The molecule has 0 aliphatic heterocycles. The second kappa shape index (κ2) is 5.78. The van der Waals surface area contributed by atoms with E-state index in [9.17, 15) is 13.2 Å². The third kappa shape index (κ3) is 4.12. The Morgan fingerprint density at radius 2 is 1.94 bits per heavy atom. The van der Waals surface area contributed by atoms with Gasteiger partial charge in [-0.15, -0.1) is 0 Å². The van der Waals surface area contributed by atoms with Crippen molar-refractivity contribution >= 4 is 0 Å². The summed E-state index contributed by atoms with van der Waals surface area (Å²) in [5, 5.41) is 3.30. The summed E-state index contributed by atoms with van der Waals surface area (Å²) in [6.07, 6.45) is -1.60. The van der Waals surface area contributed by atoms with E-state index >= 15 is 0 Å². The van der Waals surface area contributed by atoms with Crippen LogP contribution in [-0.4, -0.2) is 43.8 Å². The lowest BCUT2D eigenvalue weighted by molar-refractivity contribution is -0.139. The van der Waals surface area contributed by atoms with Crippen LogP contribution < -0.4 is 5.32 Å². The van der Waals surface area contributed by atoms with Crippen LogP contribution in [0.5, 0.6) is 0 Å². The molecule has 0 bridgehead atoms. The molecule has 1 saturated carbocycles. The van der Waals surface area contributed by atoms with Gasteiger partial charge in [-0.05, 0) is 32.4 Å². The van der Waals surface area contributed by atoms with E-state index in [4.69, 9.17) is 0 Å². The fourth-order valence-corrected chi connectivity index (χ4v) is 3.14. The molecule has 108 valence electrons. The SMILES string of the molecule is CNC1C(N(C)CCC(F)(F)F)CCCC1(C)C. The van der Waals surface area contributed by atoms with E-state index in [1.54, 1.807) is 0 Å². The fraction of sp³-hybridized carbons (Fsp3) is 1.00. The predicted octanol–water partition coefficient (Wildman–Crippen LogP) is 3.04. The van der Waals surface area contributed by atoms with Gasteiger partial charge in [0.25, 0.3) is 0 Å². The van der Waals surface area contributed by atoms with Gasteiger partial charge in [-0.3, -0.25) is 0 Å². The highest BCUT2D eigenvalue weighted by Crippen LogP contribution is 2.37. The Morgan fingerprint density at radius 1 is 1.33 bits per heavy atom. The van der Waals surface area contributed by atoms with Gasteiger partial charge in [-0.25, -0.2) is 0 Å². The van der Waals surface area contributed by atoms with Gasteiger partial charge < -0.3 is 10.2 Å². The van der Waals surface area contributed by atoms with Crippen LogP contribution in [0.2, 0.25) is 0 Å². The first-order chi connectivity index (χ1) is 8.17. The zero-order chi connectivity index (χ0) is 14.0. The Kier molecular flexibility index (Phi) is 5.06. The second-order valence-electron chi connectivity index (χ2n) is 6.06. The maximum absolute atomic E-state index is 12.3. The number of halogens is 3. The number of alkyl halides is 3. The Morgan fingerprint density at radius 3 is 2.44 bits per heavy atom. The first kappa shape index (κ1) is 15.8. The van der Waals surface area contributed by atoms with Crippen LogP contribution in [0, 0.1) is 5.41 Å². The van der Waals surface area contributed by atoms with Crippen molar-refractivity contribution < 1.29 is 13.2 Å². The van der Waals surface area contributed by atoms with Gasteiger partial charge in [-0.1, -0.05) is 20.3 Å². The van der Waals surface area contributed by atoms with Gasteiger partial charge in [0.15, 0.2) is 0 Å². The van der Waals surface area contributed by atoms with Crippen LogP contribution in [0.15, 0.2) is 0 Å². The molecular weight excluding hydrogens is 241 g/mol. The number of hydrogen-bond acceptors (Lipinski definition) is 2. The summed E-state index contributed by atoms with van der Waals surface area (Å²) in [7, 11) is 3.71. The lowest BCUT2D eigenvalue weighted by Gasteiger charge is -2.47. The lowest BCUT2D eigenvalue weighted by Crippen LogP contribution is -2.57. The molecule has 1 rings (SSSR count). The zero-order valence-corrected chi connectivity index (χ0v) is 11.8.